The molecule has 5 rings (SSSR count). The van der Waals surface area contributed by atoms with Crippen molar-refractivity contribution < 1.29 is 19.4 Å². The van der Waals surface area contributed by atoms with Gasteiger partial charge in [0.15, 0.2) is 0 Å². The number of hydrogen-bond acceptors (Lipinski definition) is 4. The van der Waals surface area contributed by atoms with Gasteiger partial charge in [-0.25, -0.2) is 0 Å². The van der Waals surface area contributed by atoms with Crippen molar-refractivity contribution in [1.29, 1.82) is 0 Å². The largest absolute Gasteiger partial charge is 0.462 e. The highest BCUT2D eigenvalue weighted by atomic mass is 16.5. The Labute approximate surface area is 207 Å². The third-order valence-electron chi connectivity index (χ3n) is 11.9. The Morgan fingerprint density at radius 2 is 1.79 bits per heavy atom. The highest BCUT2D eigenvalue weighted by molar-refractivity contribution is 5.80. The summed E-state index contributed by atoms with van der Waals surface area (Å²) in [5.74, 6) is 4.67. The molecular formula is C30H48O4. The summed E-state index contributed by atoms with van der Waals surface area (Å²) in [5, 5.41) is 10.3. The highest BCUT2D eigenvalue weighted by Crippen LogP contribution is 2.68. The van der Waals surface area contributed by atoms with Crippen molar-refractivity contribution in [3.05, 3.63) is 0 Å². The number of aliphatic hydroxyl groups excluding tert-OH is 1. The number of esters is 1. The second kappa shape index (κ2) is 9.52. The molecule has 0 heterocycles. The number of ether oxygens (including phenoxy) is 1. The zero-order valence-corrected chi connectivity index (χ0v) is 21.9. The van der Waals surface area contributed by atoms with Gasteiger partial charge in [-0.15, -0.1) is 0 Å². The van der Waals surface area contributed by atoms with Gasteiger partial charge in [-0.1, -0.05) is 20.8 Å². The Kier molecular flexibility index (Phi) is 6.94. The maximum Gasteiger partial charge on any atom is 0.306 e. The Morgan fingerprint density at radius 3 is 2.59 bits per heavy atom. The molecule has 0 bridgehead atoms. The normalized spacial score (nSPS) is 47.3. The molecule has 0 aromatic heterocycles. The first-order chi connectivity index (χ1) is 16.2. The van der Waals surface area contributed by atoms with E-state index in [4.69, 9.17) is 4.74 Å². The van der Waals surface area contributed by atoms with Gasteiger partial charge in [-0.3, -0.25) is 9.59 Å². The molecule has 4 nitrogen and oxygen atoms in total. The van der Waals surface area contributed by atoms with E-state index in [0.717, 1.165) is 55.8 Å². The lowest BCUT2D eigenvalue weighted by Crippen LogP contribution is -2.54. The molecule has 0 aromatic rings. The minimum atomic E-state index is -0.176. The van der Waals surface area contributed by atoms with Gasteiger partial charge in [-0.2, -0.15) is 0 Å². The van der Waals surface area contributed by atoms with Crippen LogP contribution in [0, 0.1) is 46.3 Å². The molecule has 1 N–H and O–H groups in total. The SMILES string of the molecule is C[C@H](CCC(=O)OC1CCCC(=O)C1)[C@H]1CC[C@H]2[C@@H]3CC[C@@H]4C[C@H](O)CC[C@]4(C)[C@H]3CC[C@]12C. The van der Waals surface area contributed by atoms with E-state index in [0.29, 0.717) is 41.9 Å². The van der Waals surface area contributed by atoms with Crippen LogP contribution >= 0.6 is 0 Å². The summed E-state index contributed by atoms with van der Waals surface area (Å²) in [6.07, 6.45) is 15.3. The third-order valence-corrected chi connectivity index (χ3v) is 11.9. The number of ketones is 1. The third kappa shape index (κ3) is 4.39. The van der Waals surface area contributed by atoms with Gasteiger partial charge < -0.3 is 9.84 Å². The molecular weight excluding hydrogens is 424 g/mol. The Balaban J connectivity index is 1.19. The van der Waals surface area contributed by atoms with Crippen molar-refractivity contribution in [3.63, 3.8) is 0 Å². The maximum atomic E-state index is 12.5. The van der Waals surface area contributed by atoms with Crippen molar-refractivity contribution >= 4 is 11.8 Å². The molecule has 34 heavy (non-hydrogen) atoms. The van der Waals surface area contributed by atoms with Crippen LogP contribution in [0.3, 0.4) is 0 Å². The van der Waals surface area contributed by atoms with Gasteiger partial charge in [0.05, 0.1) is 6.10 Å². The summed E-state index contributed by atoms with van der Waals surface area (Å²) < 4.78 is 5.67. The number of hydrogen-bond donors (Lipinski definition) is 1. The number of aliphatic hydroxyl groups is 1. The standard InChI is InChI=1S/C30H48O4/c1-19(7-12-28(33)34-23-6-4-5-21(31)18-23)25-10-11-26-24-9-8-20-17-22(32)13-15-29(20,2)27(24)14-16-30(25,26)3/h19-20,22-27,32H,4-18H2,1-3H3/t19-,20-,22-,23?,24+,25-,26+,27+,29+,30-/m1/s1. The zero-order valence-electron chi connectivity index (χ0n) is 21.9. The molecule has 4 heteroatoms. The summed E-state index contributed by atoms with van der Waals surface area (Å²) in [6, 6.07) is 0. The molecule has 0 aliphatic heterocycles. The average Bonchev–Trinajstić information content (AvgIpc) is 3.15. The van der Waals surface area contributed by atoms with Gasteiger partial charge >= 0.3 is 5.97 Å². The minimum Gasteiger partial charge on any atom is -0.462 e. The zero-order chi connectivity index (χ0) is 24.1. The van der Waals surface area contributed by atoms with Crippen LogP contribution in [0.2, 0.25) is 0 Å². The summed E-state index contributed by atoms with van der Waals surface area (Å²) >= 11 is 0. The van der Waals surface area contributed by atoms with E-state index in [9.17, 15) is 14.7 Å². The van der Waals surface area contributed by atoms with Gasteiger partial charge in [0.25, 0.3) is 0 Å². The Morgan fingerprint density at radius 1 is 1.03 bits per heavy atom. The quantitative estimate of drug-likeness (QED) is 0.465. The first kappa shape index (κ1) is 24.8. The number of fused-ring (bicyclic) bond motifs is 5. The van der Waals surface area contributed by atoms with Crippen LogP contribution < -0.4 is 0 Å². The number of carbonyl (C=O) groups excluding carboxylic acids is 2. The molecule has 5 aliphatic rings. The summed E-state index contributed by atoms with van der Waals surface area (Å²) in [7, 11) is 0. The van der Waals surface area contributed by atoms with Crippen molar-refractivity contribution in [2.24, 2.45) is 46.3 Å². The van der Waals surface area contributed by atoms with Crippen LogP contribution in [-0.4, -0.2) is 29.1 Å². The van der Waals surface area contributed by atoms with Crippen LogP contribution in [0.5, 0.6) is 0 Å². The first-order valence-corrected chi connectivity index (χ1v) is 14.6. The van der Waals surface area contributed by atoms with Crippen LogP contribution in [-0.2, 0) is 14.3 Å². The lowest BCUT2D eigenvalue weighted by Gasteiger charge is -2.61. The van der Waals surface area contributed by atoms with E-state index < -0.39 is 0 Å². The molecule has 192 valence electrons. The van der Waals surface area contributed by atoms with E-state index in [1.165, 1.54) is 44.9 Å². The molecule has 1 unspecified atom stereocenters. The minimum absolute atomic E-state index is 0.0644. The fraction of sp³-hybridized carbons (Fsp3) is 0.933. The maximum absolute atomic E-state index is 12.5. The Hall–Kier alpha value is -0.900. The predicted octanol–water partition coefficient (Wildman–Crippen LogP) is 6.48. The number of Topliss-reactive ketones (excluding diaryl/α,β-unsaturated/α-hetero) is 1. The van der Waals surface area contributed by atoms with E-state index >= 15 is 0 Å². The van der Waals surface area contributed by atoms with E-state index in [-0.39, 0.29) is 24.0 Å². The van der Waals surface area contributed by atoms with Crippen LogP contribution in [0.15, 0.2) is 0 Å². The lowest BCUT2D eigenvalue weighted by atomic mass is 9.44. The molecule has 5 fully saturated rings. The monoisotopic (exact) mass is 472 g/mol. The molecule has 10 atom stereocenters. The summed E-state index contributed by atoms with van der Waals surface area (Å²) in [6.45, 7) is 7.54. The van der Waals surface area contributed by atoms with Crippen molar-refractivity contribution in [2.75, 3.05) is 0 Å². The molecule has 0 spiro atoms. The first-order valence-electron chi connectivity index (χ1n) is 14.6. The van der Waals surface area contributed by atoms with E-state index in [2.05, 4.69) is 20.8 Å². The van der Waals surface area contributed by atoms with Crippen LogP contribution in [0.1, 0.15) is 117 Å². The topological polar surface area (TPSA) is 63.6 Å². The fourth-order valence-corrected chi connectivity index (χ4v) is 10.1. The second-order valence-electron chi connectivity index (χ2n) is 13.6. The van der Waals surface area contributed by atoms with E-state index in [1.807, 2.05) is 0 Å². The van der Waals surface area contributed by atoms with Gasteiger partial charge in [0.2, 0.25) is 0 Å². The summed E-state index contributed by atoms with van der Waals surface area (Å²) in [4.78, 5) is 24.2. The van der Waals surface area contributed by atoms with Gasteiger partial charge in [0, 0.05) is 19.3 Å². The second-order valence-corrected chi connectivity index (χ2v) is 13.6. The molecule has 0 radical (unpaired) electrons. The molecule has 0 amide bonds. The fourth-order valence-electron chi connectivity index (χ4n) is 10.1. The average molecular weight is 473 g/mol. The molecule has 5 aliphatic carbocycles. The summed E-state index contributed by atoms with van der Waals surface area (Å²) in [5.41, 5.74) is 0.856. The molecule has 5 saturated carbocycles. The number of carbonyl (C=O) groups is 2. The lowest BCUT2D eigenvalue weighted by molar-refractivity contribution is -0.152. The number of rotatable bonds is 5. The van der Waals surface area contributed by atoms with E-state index in [1.54, 1.807) is 0 Å². The van der Waals surface area contributed by atoms with Crippen LogP contribution in [0.4, 0.5) is 0 Å². The van der Waals surface area contributed by atoms with Crippen molar-refractivity contribution in [2.45, 2.75) is 129 Å². The van der Waals surface area contributed by atoms with Crippen molar-refractivity contribution in [1.82, 2.24) is 0 Å². The van der Waals surface area contributed by atoms with Crippen molar-refractivity contribution in [3.8, 4) is 0 Å². The van der Waals surface area contributed by atoms with Crippen LogP contribution in [0.25, 0.3) is 0 Å². The molecule has 0 aromatic carbocycles. The molecule has 0 saturated heterocycles. The Bertz CT molecular complexity index is 778. The highest BCUT2D eigenvalue weighted by Gasteiger charge is 2.60. The predicted molar refractivity (Wildman–Crippen MR) is 133 cm³/mol. The van der Waals surface area contributed by atoms with Gasteiger partial charge in [0.1, 0.15) is 11.9 Å². The van der Waals surface area contributed by atoms with Gasteiger partial charge in [-0.05, 0) is 123 Å². The smallest absolute Gasteiger partial charge is 0.306 e.